The van der Waals surface area contributed by atoms with Gasteiger partial charge in [0.25, 0.3) is 0 Å². The molecule has 1 N–H and O–H groups in total. The molecule has 0 unspecified atom stereocenters. The van der Waals surface area contributed by atoms with E-state index in [0.29, 0.717) is 0 Å². The number of aryl methyl sites for hydroxylation is 1. The maximum absolute atomic E-state index is 11.1. The van der Waals surface area contributed by atoms with Gasteiger partial charge in [0.2, 0.25) is 0 Å². The zero-order valence-corrected chi connectivity index (χ0v) is 12.5. The van der Waals surface area contributed by atoms with Gasteiger partial charge in [-0.1, -0.05) is 26.0 Å². The van der Waals surface area contributed by atoms with E-state index in [4.69, 9.17) is 9.84 Å². The molecule has 1 fully saturated rings. The quantitative estimate of drug-likeness (QED) is 0.919. The summed E-state index contributed by atoms with van der Waals surface area (Å²) in [6, 6.07) is 6.29. The summed E-state index contributed by atoms with van der Waals surface area (Å²) < 4.78 is 5.41. The number of carbonyl (C=O) groups is 1. The molecule has 1 aliphatic rings. The van der Waals surface area contributed by atoms with E-state index in [1.165, 1.54) is 5.56 Å². The first-order valence-corrected chi connectivity index (χ1v) is 7.06. The van der Waals surface area contributed by atoms with E-state index in [1.54, 1.807) is 0 Å². The first kappa shape index (κ1) is 14.9. The Morgan fingerprint density at radius 2 is 2.00 bits per heavy atom. The maximum atomic E-state index is 11.1. The van der Waals surface area contributed by atoms with Crippen LogP contribution in [-0.2, 0) is 14.9 Å². The molecule has 4 nitrogen and oxygen atoms in total. The monoisotopic (exact) mass is 277 g/mol. The van der Waals surface area contributed by atoms with Gasteiger partial charge in [-0.25, -0.2) is 0 Å². The number of nitrogens with zero attached hydrogens (tertiary/aromatic N) is 1. The van der Waals surface area contributed by atoms with Crippen molar-refractivity contribution in [2.24, 2.45) is 0 Å². The number of carboxylic acids is 1. The van der Waals surface area contributed by atoms with E-state index in [9.17, 15) is 4.79 Å². The average molecular weight is 277 g/mol. The summed E-state index contributed by atoms with van der Waals surface area (Å²) >= 11 is 0. The lowest BCUT2D eigenvalue weighted by molar-refractivity contribution is -0.138. The second kappa shape index (κ2) is 5.83. The molecule has 1 saturated heterocycles. The molecule has 0 aliphatic carbocycles. The number of benzene rings is 1. The van der Waals surface area contributed by atoms with Crippen molar-refractivity contribution in [1.29, 1.82) is 0 Å². The lowest BCUT2D eigenvalue weighted by atomic mass is 9.80. The van der Waals surface area contributed by atoms with E-state index in [2.05, 4.69) is 30.0 Å². The Labute approximate surface area is 120 Å². The fourth-order valence-corrected chi connectivity index (χ4v) is 2.75. The third-order valence-electron chi connectivity index (χ3n) is 3.83. The number of morpholine rings is 1. The molecule has 1 aromatic rings. The topological polar surface area (TPSA) is 49.8 Å². The average Bonchev–Trinajstić information content (AvgIpc) is 2.38. The van der Waals surface area contributed by atoms with Crippen molar-refractivity contribution >= 4 is 11.7 Å². The van der Waals surface area contributed by atoms with Gasteiger partial charge < -0.3 is 14.7 Å². The van der Waals surface area contributed by atoms with Crippen LogP contribution in [0.2, 0.25) is 0 Å². The van der Waals surface area contributed by atoms with Crippen molar-refractivity contribution in [3.8, 4) is 0 Å². The summed E-state index contributed by atoms with van der Waals surface area (Å²) in [5.74, 6) is -0.761. The van der Waals surface area contributed by atoms with Crippen LogP contribution < -0.4 is 4.90 Å². The van der Waals surface area contributed by atoms with Crippen LogP contribution >= 0.6 is 0 Å². The smallest absolute Gasteiger partial charge is 0.304 e. The van der Waals surface area contributed by atoms with Crippen molar-refractivity contribution in [3.05, 3.63) is 29.3 Å². The Morgan fingerprint density at radius 3 is 2.60 bits per heavy atom. The maximum Gasteiger partial charge on any atom is 0.304 e. The van der Waals surface area contributed by atoms with E-state index >= 15 is 0 Å². The van der Waals surface area contributed by atoms with Crippen LogP contribution in [0.15, 0.2) is 18.2 Å². The van der Waals surface area contributed by atoms with Gasteiger partial charge in [-0.05, 0) is 24.1 Å². The fraction of sp³-hybridized carbons (Fsp3) is 0.562. The van der Waals surface area contributed by atoms with Crippen molar-refractivity contribution in [2.75, 3.05) is 31.2 Å². The summed E-state index contributed by atoms with van der Waals surface area (Å²) in [5, 5.41) is 9.13. The molecule has 1 heterocycles. The SMILES string of the molecule is Cc1ccc(C(C)(C)CC(=O)O)c(N2CCOCC2)c1. The normalized spacial score (nSPS) is 16.2. The molecule has 0 aromatic heterocycles. The van der Waals surface area contributed by atoms with Crippen LogP contribution in [0.4, 0.5) is 5.69 Å². The second-order valence-electron chi connectivity index (χ2n) is 6.07. The van der Waals surface area contributed by atoms with Gasteiger partial charge in [-0.3, -0.25) is 4.79 Å². The highest BCUT2D eigenvalue weighted by molar-refractivity contribution is 5.70. The predicted octanol–water partition coefficient (Wildman–Crippen LogP) is 2.58. The third-order valence-corrected chi connectivity index (χ3v) is 3.83. The molecule has 0 amide bonds. The van der Waals surface area contributed by atoms with Crippen LogP contribution in [-0.4, -0.2) is 37.4 Å². The molecule has 20 heavy (non-hydrogen) atoms. The first-order valence-electron chi connectivity index (χ1n) is 7.06. The highest BCUT2D eigenvalue weighted by Gasteiger charge is 2.28. The number of hydrogen-bond acceptors (Lipinski definition) is 3. The van der Waals surface area contributed by atoms with Gasteiger partial charge in [0, 0.05) is 24.2 Å². The standard InChI is InChI=1S/C16H23NO3/c1-12-4-5-13(16(2,3)11-15(18)19)14(10-12)17-6-8-20-9-7-17/h4-5,10H,6-9,11H2,1-3H3,(H,18,19). The van der Waals surface area contributed by atoms with Gasteiger partial charge >= 0.3 is 5.97 Å². The minimum atomic E-state index is -0.761. The number of anilines is 1. The van der Waals surface area contributed by atoms with Gasteiger partial charge in [0.1, 0.15) is 0 Å². The minimum absolute atomic E-state index is 0.132. The lowest BCUT2D eigenvalue weighted by Gasteiger charge is -2.35. The number of ether oxygens (including phenoxy) is 1. The summed E-state index contributed by atoms with van der Waals surface area (Å²) in [6.45, 7) is 9.24. The first-order chi connectivity index (χ1) is 9.40. The molecule has 0 atom stereocenters. The Kier molecular flexibility index (Phi) is 4.33. The van der Waals surface area contributed by atoms with Crippen LogP contribution in [0.3, 0.4) is 0 Å². The van der Waals surface area contributed by atoms with Crippen molar-refractivity contribution < 1.29 is 14.6 Å². The van der Waals surface area contributed by atoms with E-state index in [-0.39, 0.29) is 11.8 Å². The van der Waals surface area contributed by atoms with E-state index in [1.807, 2.05) is 13.8 Å². The molecule has 1 aliphatic heterocycles. The number of hydrogen-bond donors (Lipinski definition) is 1. The number of aliphatic carboxylic acids is 1. The molecule has 110 valence electrons. The van der Waals surface area contributed by atoms with Crippen molar-refractivity contribution in [1.82, 2.24) is 0 Å². The Hall–Kier alpha value is -1.55. The summed E-state index contributed by atoms with van der Waals surface area (Å²) in [7, 11) is 0. The summed E-state index contributed by atoms with van der Waals surface area (Å²) in [4.78, 5) is 13.4. The van der Waals surface area contributed by atoms with Gasteiger partial charge in [-0.2, -0.15) is 0 Å². The van der Waals surface area contributed by atoms with Gasteiger partial charge in [0.15, 0.2) is 0 Å². The highest BCUT2D eigenvalue weighted by Crippen LogP contribution is 2.35. The fourth-order valence-electron chi connectivity index (χ4n) is 2.75. The molecule has 1 aromatic carbocycles. The van der Waals surface area contributed by atoms with Crippen LogP contribution in [0.1, 0.15) is 31.4 Å². The largest absolute Gasteiger partial charge is 0.481 e. The minimum Gasteiger partial charge on any atom is -0.481 e. The predicted molar refractivity (Wildman–Crippen MR) is 79.5 cm³/mol. The highest BCUT2D eigenvalue weighted by atomic mass is 16.5. The zero-order valence-electron chi connectivity index (χ0n) is 12.5. The summed E-state index contributed by atoms with van der Waals surface area (Å²) in [6.07, 6.45) is 0.132. The number of rotatable bonds is 4. The van der Waals surface area contributed by atoms with Gasteiger partial charge in [0.05, 0.1) is 19.6 Å². The summed E-state index contributed by atoms with van der Waals surface area (Å²) in [5.41, 5.74) is 3.07. The molecule has 0 spiro atoms. The third kappa shape index (κ3) is 3.31. The Balaban J connectivity index is 2.39. The molecule has 4 heteroatoms. The van der Waals surface area contributed by atoms with Crippen molar-refractivity contribution in [3.63, 3.8) is 0 Å². The molecule has 0 radical (unpaired) electrons. The molecular weight excluding hydrogens is 254 g/mol. The Morgan fingerprint density at radius 1 is 1.35 bits per heavy atom. The zero-order chi connectivity index (χ0) is 14.8. The molecule has 2 rings (SSSR count). The van der Waals surface area contributed by atoms with Crippen LogP contribution in [0.25, 0.3) is 0 Å². The molecule has 0 bridgehead atoms. The molecular formula is C16H23NO3. The van der Waals surface area contributed by atoms with Crippen LogP contribution in [0.5, 0.6) is 0 Å². The van der Waals surface area contributed by atoms with Gasteiger partial charge in [-0.15, -0.1) is 0 Å². The van der Waals surface area contributed by atoms with Crippen LogP contribution in [0, 0.1) is 6.92 Å². The van der Waals surface area contributed by atoms with E-state index < -0.39 is 5.97 Å². The van der Waals surface area contributed by atoms with E-state index in [0.717, 1.165) is 37.6 Å². The number of carboxylic acid groups (broad SMARTS) is 1. The lowest BCUT2D eigenvalue weighted by Crippen LogP contribution is -2.38. The second-order valence-corrected chi connectivity index (χ2v) is 6.07. The molecule has 0 saturated carbocycles. The Bertz CT molecular complexity index is 490. The van der Waals surface area contributed by atoms with Crippen molar-refractivity contribution in [2.45, 2.75) is 32.6 Å².